The predicted molar refractivity (Wildman–Crippen MR) is 118 cm³/mol. The summed E-state index contributed by atoms with van der Waals surface area (Å²) in [4.78, 5) is 31.7. The van der Waals surface area contributed by atoms with Crippen molar-refractivity contribution in [2.75, 3.05) is 39.3 Å². The van der Waals surface area contributed by atoms with Crippen LogP contribution in [0.5, 0.6) is 0 Å². The van der Waals surface area contributed by atoms with Gasteiger partial charge in [0, 0.05) is 39.0 Å². The standard InChI is InChI=1S/C22H25N3O4S/c1-5-29-21(27)16-8-11-18-19(14-16)30-22(25(18)12-13-28-4)23-20(26)15-6-9-17(10-7-15)24(2)3/h6-11,14H,5,12-13H2,1-4H3. The smallest absolute Gasteiger partial charge is 0.338 e. The number of hydrogen-bond acceptors (Lipinski definition) is 6. The number of thiazole rings is 1. The Morgan fingerprint density at radius 1 is 1.10 bits per heavy atom. The molecule has 0 aliphatic carbocycles. The van der Waals surface area contributed by atoms with E-state index < -0.39 is 0 Å². The third-order valence-electron chi connectivity index (χ3n) is 4.54. The van der Waals surface area contributed by atoms with Gasteiger partial charge in [0.15, 0.2) is 4.80 Å². The molecule has 0 fully saturated rings. The second-order valence-corrected chi connectivity index (χ2v) is 7.80. The maximum absolute atomic E-state index is 12.8. The topological polar surface area (TPSA) is 73.1 Å². The Morgan fingerprint density at radius 2 is 1.80 bits per heavy atom. The first kappa shape index (κ1) is 21.7. The number of nitrogens with zero attached hydrogens (tertiary/aromatic N) is 3. The highest BCUT2D eigenvalue weighted by molar-refractivity contribution is 7.16. The van der Waals surface area contributed by atoms with Crippen molar-refractivity contribution >= 4 is 39.1 Å². The van der Waals surface area contributed by atoms with Crippen LogP contribution in [0.15, 0.2) is 47.5 Å². The Balaban J connectivity index is 2.03. The zero-order valence-electron chi connectivity index (χ0n) is 17.5. The van der Waals surface area contributed by atoms with Crippen LogP contribution in [0.25, 0.3) is 10.2 Å². The minimum Gasteiger partial charge on any atom is -0.462 e. The van der Waals surface area contributed by atoms with Gasteiger partial charge in [0.25, 0.3) is 5.91 Å². The van der Waals surface area contributed by atoms with E-state index in [1.165, 1.54) is 11.3 Å². The van der Waals surface area contributed by atoms with E-state index in [2.05, 4.69) is 4.99 Å². The van der Waals surface area contributed by atoms with Gasteiger partial charge in [0.05, 0.1) is 29.0 Å². The number of ether oxygens (including phenoxy) is 2. The van der Waals surface area contributed by atoms with Gasteiger partial charge < -0.3 is 18.9 Å². The molecule has 3 aromatic rings. The molecule has 3 rings (SSSR count). The van der Waals surface area contributed by atoms with Crippen molar-refractivity contribution in [3.05, 3.63) is 58.4 Å². The molecule has 0 N–H and O–H groups in total. The molecule has 0 saturated heterocycles. The van der Waals surface area contributed by atoms with Crippen LogP contribution in [0.1, 0.15) is 27.6 Å². The molecule has 0 atom stereocenters. The fourth-order valence-electron chi connectivity index (χ4n) is 2.95. The van der Waals surface area contributed by atoms with E-state index in [4.69, 9.17) is 9.47 Å². The summed E-state index contributed by atoms with van der Waals surface area (Å²) in [6.07, 6.45) is 0. The molecular formula is C22H25N3O4S. The van der Waals surface area contributed by atoms with Crippen LogP contribution < -0.4 is 9.70 Å². The van der Waals surface area contributed by atoms with E-state index in [1.54, 1.807) is 38.3 Å². The highest BCUT2D eigenvalue weighted by Crippen LogP contribution is 2.20. The number of carbonyl (C=O) groups is 2. The van der Waals surface area contributed by atoms with Crippen molar-refractivity contribution in [1.82, 2.24) is 4.57 Å². The van der Waals surface area contributed by atoms with Gasteiger partial charge in [-0.2, -0.15) is 4.99 Å². The van der Waals surface area contributed by atoms with Crippen LogP contribution in [-0.4, -0.2) is 50.9 Å². The van der Waals surface area contributed by atoms with E-state index in [-0.39, 0.29) is 11.9 Å². The average molecular weight is 428 g/mol. The molecule has 1 heterocycles. The molecule has 1 amide bonds. The summed E-state index contributed by atoms with van der Waals surface area (Å²) in [6, 6.07) is 12.7. The summed E-state index contributed by atoms with van der Waals surface area (Å²) in [5, 5.41) is 0. The van der Waals surface area contributed by atoms with Crippen LogP contribution in [0.2, 0.25) is 0 Å². The molecule has 8 heteroatoms. The lowest BCUT2D eigenvalue weighted by molar-refractivity contribution is 0.0526. The number of amides is 1. The number of hydrogen-bond donors (Lipinski definition) is 0. The van der Waals surface area contributed by atoms with Gasteiger partial charge in [0.2, 0.25) is 0 Å². The summed E-state index contributed by atoms with van der Waals surface area (Å²) in [5.41, 5.74) is 2.89. The number of benzene rings is 2. The SMILES string of the molecule is CCOC(=O)c1ccc2c(c1)sc(=NC(=O)c1ccc(N(C)C)cc1)n2CCOC. The minimum atomic E-state index is -0.369. The van der Waals surface area contributed by atoms with Crippen molar-refractivity contribution in [2.24, 2.45) is 4.99 Å². The summed E-state index contributed by atoms with van der Waals surface area (Å²) in [5.74, 6) is -0.685. The molecule has 7 nitrogen and oxygen atoms in total. The molecule has 30 heavy (non-hydrogen) atoms. The van der Waals surface area contributed by atoms with Gasteiger partial charge in [-0.15, -0.1) is 0 Å². The molecule has 0 aliphatic heterocycles. The van der Waals surface area contributed by atoms with E-state index >= 15 is 0 Å². The highest BCUT2D eigenvalue weighted by Gasteiger charge is 2.13. The van der Waals surface area contributed by atoms with Gasteiger partial charge >= 0.3 is 5.97 Å². The summed E-state index contributed by atoms with van der Waals surface area (Å²) < 4.78 is 13.1. The zero-order chi connectivity index (χ0) is 21.7. The Morgan fingerprint density at radius 3 is 2.43 bits per heavy atom. The molecule has 1 aromatic heterocycles. The van der Waals surface area contributed by atoms with Gasteiger partial charge in [-0.25, -0.2) is 4.79 Å². The third kappa shape index (κ3) is 4.77. The van der Waals surface area contributed by atoms with E-state index in [0.717, 1.165) is 15.9 Å². The maximum Gasteiger partial charge on any atom is 0.338 e. The van der Waals surface area contributed by atoms with Crippen molar-refractivity contribution in [1.29, 1.82) is 0 Å². The lowest BCUT2D eigenvalue weighted by Gasteiger charge is -2.11. The Bertz CT molecular complexity index is 1110. The first-order valence-corrected chi connectivity index (χ1v) is 10.4. The molecule has 2 aromatic carbocycles. The minimum absolute atomic E-state index is 0.316. The van der Waals surface area contributed by atoms with Crippen LogP contribution >= 0.6 is 11.3 Å². The van der Waals surface area contributed by atoms with Gasteiger partial charge in [-0.3, -0.25) is 4.79 Å². The fraction of sp³-hybridized carbons (Fsp3) is 0.318. The molecule has 158 valence electrons. The molecular weight excluding hydrogens is 402 g/mol. The maximum atomic E-state index is 12.8. The first-order chi connectivity index (χ1) is 14.4. The van der Waals surface area contributed by atoms with E-state index in [9.17, 15) is 9.59 Å². The Kier molecular flexibility index (Phi) is 7.02. The van der Waals surface area contributed by atoms with Gasteiger partial charge in [-0.05, 0) is 49.4 Å². The largest absolute Gasteiger partial charge is 0.462 e. The van der Waals surface area contributed by atoms with Crippen molar-refractivity contribution < 1.29 is 19.1 Å². The predicted octanol–water partition coefficient (Wildman–Crippen LogP) is 3.33. The lowest BCUT2D eigenvalue weighted by atomic mass is 10.2. The summed E-state index contributed by atoms with van der Waals surface area (Å²) in [7, 11) is 5.52. The van der Waals surface area contributed by atoms with E-state index in [0.29, 0.717) is 35.7 Å². The van der Waals surface area contributed by atoms with Crippen molar-refractivity contribution in [3.63, 3.8) is 0 Å². The second kappa shape index (κ2) is 9.69. The number of fused-ring (bicyclic) bond motifs is 1. The van der Waals surface area contributed by atoms with Crippen LogP contribution in [0.4, 0.5) is 5.69 Å². The number of esters is 1. The van der Waals surface area contributed by atoms with Crippen molar-refractivity contribution in [2.45, 2.75) is 13.5 Å². The van der Waals surface area contributed by atoms with Gasteiger partial charge in [-0.1, -0.05) is 11.3 Å². The highest BCUT2D eigenvalue weighted by atomic mass is 32.1. The number of carbonyl (C=O) groups excluding carboxylic acids is 2. The lowest BCUT2D eigenvalue weighted by Crippen LogP contribution is -2.19. The van der Waals surface area contributed by atoms with E-state index in [1.807, 2.05) is 41.8 Å². The third-order valence-corrected chi connectivity index (χ3v) is 5.58. The van der Waals surface area contributed by atoms with Crippen LogP contribution in [0, 0.1) is 0 Å². The zero-order valence-corrected chi connectivity index (χ0v) is 18.4. The monoisotopic (exact) mass is 427 g/mol. The van der Waals surface area contributed by atoms with Crippen LogP contribution in [-0.2, 0) is 16.0 Å². The first-order valence-electron chi connectivity index (χ1n) is 9.60. The molecule has 0 bridgehead atoms. The number of methoxy groups -OCH3 is 1. The second-order valence-electron chi connectivity index (χ2n) is 6.79. The average Bonchev–Trinajstić information content (AvgIpc) is 3.08. The Hall–Kier alpha value is -2.97. The number of anilines is 1. The van der Waals surface area contributed by atoms with Gasteiger partial charge in [0.1, 0.15) is 0 Å². The molecule has 0 spiro atoms. The molecule has 0 radical (unpaired) electrons. The normalized spacial score (nSPS) is 11.7. The molecule has 0 aliphatic rings. The fourth-order valence-corrected chi connectivity index (χ4v) is 4.05. The molecule has 0 saturated carbocycles. The van der Waals surface area contributed by atoms with Crippen LogP contribution in [0.3, 0.4) is 0 Å². The van der Waals surface area contributed by atoms with Crippen molar-refractivity contribution in [3.8, 4) is 0 Å². The quantitative estimate of drug-likeness (QED) is 0.541. The number of rotatable bonds is 7. The summed E-state index contributed by atoms with van der Waals surface area (Å²) >= 11 is 1.36. The molecule has 0 unspecified atom stereocenters. The number of aromatic nitrogens is 1. The Labute approximate surface area is 179 Å². The summed E-state index contributed by atoms with van der Waals surface area (Å²) in [6.45, 7) is 3.11.